The number of aromatic nitrogens is 3. The number of aryl methyl sites for hydroxylation is 2. The highest BCUT2D eigenvalue weighted by molar-refractivity contribution is 5.96. The molecule has 1 aliphatic heterocycles. The Morgan fingerprint density at radius 1 is 1.22 bits per heavy atom. The minimum absolute atomic E-state index is 0.0742. The van der Waals surface area contributed by atoms with E-state index in [0.29, 0.717) is 31.4 Å². The fourth-order valence-corrected chi connectivity index (χ4v) is 4.57. The number of carbonyl (C=O) groups excluding carboxylic acids is 1. The summed E-state index contributed by atoms with van der Waals surface area (Å²) >= 11 is 0. The van der Waals surface area contributed by atoms with Crippen molar-refractivity contribution in [3.05, 3.63) is 57.5 Å². The molecule has 3 heterocycles. The van der Waals surface area contributed by atoms with Crippen LogP contribution in [0.1, 0.15) is 34.8 Å². The molecule has 1 aromatic carbocycles. The second kappa shape index (κ2) is 8.33. The lowest BCUT2D eigenvalue weighted by molar-refractivity contribution is 0.0314. The summed E-state index contributed by atoms with van der Waals surface area (Å²) in [7, 11) is 0. The molecule has 9 heteroatoms. The molecule has 1 fully saturated rings. The van der Waals surface area contributed by atoms with Crippen molar-refractivity contribution in [2.75, 3.05) is 37.9 Å². The summed E-state index contributed by atoms with van der Waals surface area (Å²) in [6.45, 7) is 5.49. The lowest BCUT2D eigenvalue weighted by Crippen LogP contribution is -2.49. The van der Waals surface area contributed by atoms with E-state index in [1.807, 2.05) is 18.0 Å². The molecular formula is C23H26N6O3. The first-order valence-corrected chi connectivity index (χ1v) is 11.0. The van der Waals surface area contributed by atoms with Gasteiger partial charge in [0.1, 0.15) is 5.56 Å². The molecule has 1 saturated heterocycles. The predicted octanol–water partition coefficient (Wildman–Crippen LogP) is 1.44. The zero-order valence-electron chi connectivity index (χ0n) is 18.1. The summed E-state index contributed by atoms with van der Waals surface area (Å²) < 4.78 is 7.25. The maximum atomic E-state index is 13.0. The van der Waals surface area contributed by atoms with Gasteiger partial charge in [-0.2, -0.15) is 4.98 Å². The number of pyridine rings is 1. The molecule has 1 amide bonds. The van der Waals surface area contributed by atoms with Crippen LogP contribution in [0.5, 0.6) is 0 Å². The van der Waals surface area contributed by atoms with Gasteiger partial charge in [0.2, 0.25) is 11.4 Å². The van der Waals surface area contributed by atoms with E-state index in [1.54, 1.807) is 4.57 Å². The van der Waals surface area contributed by atoms with Crippen LogP contribution in [0, 0.1) is 0 Å². The second-order valence-electron chi connectivity index (χ2n) is 8.10. The first-order chi connectivity index (χ1) is 15.6. The zero-order chi connectivity index (χ0) is 22.2. The van der Waals surface area contributed by atoms with E-state index >= 15 is 0 Å². The molecule has 9 nitrogen and oxygen atoms in total. The smallest absolute Gasteiger partial charge is 0.254 e. The number of nitrogens with two attached hydrogens (primary N) is 1. The SMILES string of the molecule is CCN(c1ncc2c(=O)c(C(N)=O)cn(-c3ccc4c(c3)CCC4)c2n1)N1CCOCC1. The van der Waals surface area contributed by atoms with E-state index < -0.39 is 11.3 Å². The Morgan fingerprint density at radius 3 is 2.75 bits per heavy atom. The van der Waals surface area contributed by atoms with Gasteiger partial charge in [0.15, 0.2) is 5.65 Å². The van der Waals surface area contributed by atoms with Gasteiger partial charge in [-0.05, 0) is 49.4 Å². The van der Waals surface area contributed by atoms with Gasteiger partial charge in [-0.3, -0.25) is 14.6 Å². The number of hydrogen-bond donors (Lipinski definition) is 1. The van der Waals surface area contributed by atoms with Gasteiger partial charge in [0, 0.05) is 37.7 Å². The average Bonchev–Trinajstić information content (AvgIpc) is 3.28. The van der Waals surface area contributed by atoms with E-state index in [-0.39, 0.29) is 10.9 Å². The Balaban J connectivity index is 1.70. The Labute approximate surface area is 185 Å². The lowest BCUT2D eigenvalue weighted by Gasteiger charge is -2.36. The molecule has 166 valence electrons. The third-order valence-corrected chi connectivity index (χ3v) is 6.22. The monoisotopic (exact) mass is 434 g/mol. The summed E-state index contributed by atoms with van der Waals surface area (Å²) in [5, 5.41) is 4.42. The molecular weight excluding hydrogens is 408 g/mol. The molecule has 2 N–H and O–H groups in total. The summed E-state index contributed by atoms with van der Waals surface area (Å²) in [4.78, 5) is 34.2. The van der Waals surface area contributed by atoms with Crippen molar-refractivity contribution >= 4 is 22.9 Å². The molecule has 2 aliphatic rings. The van der Waals surface area contributed by atoms with E-state index in [2.05, 4.69) is 22.1 Å². The fourth-order valence-electron chi connectivity index (χ4n) is 4.57. The third kappa shape index (κ3) is 3.53. The minimum atomic E-state index is -0.764. The summed E-state index contributed by atoms with van der Waals surface area (Å²) in [6.07, 6.45) is 6.23. The Hall–Kier alpha value is -3.30. The molecule has 5 rings (SSSR count). The Bertz CT molecular complexity index is 1250. The highest BCUT2D eigenvalue weighted by atomic mass is 16.5. The number of hydrogen-bond acceptors (Lipinski definition) is 7. The van der Waals surface area contributed by atoms with Crippen molar-refractivity contribution in [1.82, 2.24) is 19.5 Å². The number of carbonyl (C=O) groups is 1. The quantitative estimate of drug-likeness (QED) is 0.648. The van der Waals surface area contributed by atoms with Crippen LogP contribution in [0.2, 0.25) is 0 Å². The second-order valence-corrected chi connectivity index (χ2v) is 8.10. The minimum Gasteiger partial charge on any atom is -0.379 e. The maximum Gasteiger partial charge on any atom is 0.254 e. The van der Waals surface area contributed by atoms with E-state index in [4.69, 9.17) is 15.5 Å². The van der Waals surface area contributed by atoms with Crippen LogP contribution in [0.4, 0.5) is 5.95 Å². The number of primary amides is 1. The Kier molecular flexibility index (Phi) is 5.36. The van der Waals surface area contributed by atoms with Crippen LogP contribution >= 0.6 is 0 Å². The standard InChI is InChI=1S/C23H26N6O3/c1-2-29(27-8-10-32-11-9-27)23-25-13-18-20(30)19(21(24)31)14-28(22(18)26-23)17-7-6-15-4-3-5-16(15)12-17/h6-7,12-14H,2-5,8-11H2,1H3,(H2,24,31). The Morgan fingerprint density at radius 2 is 2.00 bits per heavy atom. The fraction of sp³-hybridized carbons (Fsp3) is 0.391. The average molecular weight is 435 g/mol. The number of anilines is 1. The van der Waals surface area contributed by atoms with Crippen LogP contribution in [0.3, 0.4) is 0 Å². The lowest BCUT2D eigenvalue weighted by atomic mass is 10.1. The van der Waals surface area contributed by atoms with Crippen molar-refractivity contribution in [2.45, 2.75) is 26.2 Å². The van der Waals surface area contributed by atoms with Gasteiger partial charge in [-0.15, -0.1) is 0 Å². The number of nitrogens with zero attached hydrogens (tertiary/aromatic N) is 5. The number of benzene rings is 1. The van der Waals surface area contributed by atoms with Crippen LogP contribution in [-0.2, 0) is 17.6 Å². The van der Waals surface area contributed by atoms with E-state index in [0.717, 1.165) is 38.0 Å². The zero-order valence-corrected chi connectivity index (χ0v) is 18.1. The summed E-state index contributed by atoms with van der Waals surface area (Å²) in [6, 6.07) is 6.22. The van der Waals surface area contributed by atoms with Crippen molar-refractivity contribution < 1.29 is 9.53 Å². The van der Waals surface area contributed by atoms with Crippen molar-refractivity contribution in [3.8, 4) is 5.69 Å². The van der Waals surface area contributed by atoms with Gasteiger partial charge in [0.05, 0.1) is 18.6 Å². The molecule has 0 saturated carbocycles. The number of morpholine rings is 1. The number of ether oxygens (including phenoxy) is 1. The topological polar surface area (TPSA) is 107 Å². The number of fused-ring (bicyclic) bond motifs is 2. The summed E-state index contributed by atoms with van der Waals surface area (Å²) in [5.41, 5.74) is 8.92. The molecule has 2 aromatic heterocycles. The van der Waals surface area contributed by atoms with E-state index in [1.165, 1.54) is 23.5 Å². The highest BCUT2D eigenvalue weighted by Crippen LogP contribution is 2.26. The first-order valence-electron chi connectivity index (χ1n) is 11.0. The maximum absolute atomic E-state index is 13.0. The van der Waals surface area contributed by atoms with Crippen molar-refractivity contribution in [2.24, 2.45) is 5.73 Å². The first kappa shape index (κ1) is 20.6. The molecule has 1 aliphatic carbocycles. The van der Waals surface area contributed by atoms with Gasteiger partial charge in [0.25, 0.3) is 5.91 Å². The largest absolute Gasteiger partial charge is 0.379 e. The molecule has 32 heavy (non-hydrogen) atoms. The molecule has 0 atom stereocenters. The molecule has 0 unspecified atom stereocenters. The van der Waals surface area contributed by atoms with Gasteiger partial charge in [-0.1, -0.05) is 6.07 Å². The van der Waals surface area contributed by atoms with Crippen molar-refractivity contribution in [1.29, 1.82) is 0 Å². The number of hydrazine groups is 1. The molecule has 3 aromatic rings. The summed E-state index contributed by atoms with van der Waals surface area (Å²) in [5.74, 6) is -0.262. The molecule has 0 radical (unpaired) electrons. The van der Waals surface area contributed by atoms with Gasteiger partial charge < -0.3 is 15.0 Å². The van der Waals surface area contributed by atoms with Gasteiger partial charge in [-0.25, -0.2) is 9.99 Å². The third-order valence-electron chi connectivity index (χ3n) is 6.22. The number of rotatable bonds is 5. The molecule has 0 spiro atoms. The van der Waals surface area contributed by atoms with E-state index in [9.17, 15) is 9.59 Å². The number of amides is 1. The van der Waals surface area contributed by atoms with Crippen molar-refractivity contribution in [3.63, 3.8) is 0 Å². The van der Waals surface area contributed by atoms with Crippen LogP contribution in [0.15, 0.2) is 35.4 Å². The highest BCUT2D eigenvalue weighted by Gasteiger charge is 2.23. The van der Waals surface area contributed by atoms with Crippen LogP contribution in [-0.4, -0.2) is 58.3 Å². The van der Waals surface area contributed by atoms with Crippen LogP contribution in [0.25, 0.3) is 16.7 Å². The van der Waals surface area contributed by atoms with Gasteiger partial charge >= 0.3 is 0 Å². The predicted molar refractivity (Wildman–Crippen MR) is 121 cm³/mol. The van der Waals surface area contributed by atoms with Crippen LogP contribution < -0.4 is 16.2 Å². The normalized spacial score (nSPS) is 16.3. The molecule has 0 bridgehead atoms.